The molecule has 2 amide bonds. The number of aryl methyl sites for hydroxylation is 1. The van der Waals surface area contributed by atoms with Crippen LogP contribution in [0, 0.1) is 0 Å². The molecule has 27 heavy (non-hydrogen) atoms. The van der Waals surface area contributed by atoms with Crippen LogP contribution in [0.3, 0.4) is 0 Å². The quantitative estimate of drug-likeness (QED) is 0.514. The second kappa shape index (κ2) is 6.68. The number of methoxy groups -OCH3 is 1. The van der Waals surface area contributed by atoms with Crippen molar-refractivity contribution < 1.29 is 19.1 Å². The van der Waals surface area contributed by atoms with Gasteiger partial charge in [0.25, 0.3) is 11.8 Å². The Labute approximate surface area is 155 Å². The van der Waals surface area contributed by atoms with E-state index in [2.05, 4.69) is 5.10 Å². The fraction of sp³-hybridized carbons (Fsp3) is 0.200. The third kappa shape index (κ3) is 2.87. The van der Waals surface area contributed by atoms with Gasteiger partial charge in [-0.05, 0) is 30.7 Å². The largest absolute Gasteiger partial charge is 0.465 e. The molecule has 7 nitrogen and oxygen atoms in total. The van der Waals surface area contributed by atoms with Crippen LogP contribution in [-0.4, -0.2) is 46.1 Å². The van der Waals surface area contributed by atoms with Gasteiger partial charge in [-0.15, -0.1) is 0 Å². The van der Waals surface area contributed by atoms with Crippen molar-refractivity contribution in [2.75, 3.05) is 13.7 Å². The van der Waals surface area contributed by atoms with Gasteiger partial charge in [-0.25, -0.2) is 4.79 Å². The highest BCUT2D eigenvalue weighted by atomic mass is 16.5. The van der Waals surface area contributed by atoms with E-state index >= 15 is 0 Å². The van der Waals surface area contributed by atoms with Crippen LogP contribution in [0.25, 0.3) is 10.9 Å². The summed E-state index contributed by atoms with van der Waals surface area (Å²) in [6.45, 7) is 0.828. The van der Waals surface area contributed by atoms with Gasteiger partial charge in [0.1, 0.15) is 0 Å². The molecule has 136 valence electrons. The lowest BCUT2D eigenvalue weighted by molar-refractivity contribution is 0.0600. The first-order valence-electron chi connectivity index (χ1n) is 8.60. The number of carbonyl (C=O) groups excluding carboxylic acids is 3. The van der Waals surface area contributed by atoms with Crippen molar-refractivity contribution in [1.29, 1.82) is 0 Å². The topological polar surface area (TPSA) is 81.5 Å². The standard InChI is InChI=1S/C20H17N3O4/c1-27-20(26)15-8-4-9-17-16(15)12-22(21-17)10-5-11-23-18(24)13-6-2-3-7-14(13)19(23)25/h2-4,6-9,12H,5,10-11H2,1H3. The van der Waals surface area contributed by atoms with Crippen LogP contribution >= 0.6 is 0 Å². The van der Waals surface area contributed by atoms with Crippen molar-refractivity contribution in [3.63, 3.8) is 0 Å². The molecule has 1 aliphatic rings. The van der Waals surface area contributed by atoms with Crippen LogP contribution in [-0.2, 0) is 11.3 Å². The Hall–Kier alpha value is -3.48. The number of benzene rings is 2. The summed E-state index contributed by atoms with van der Waals surface area (Å²) in [5.74, 6) is -0.922. The number of imide groups is 1. The Kier molecular flexibility index (Phi) is 4.19. The molecule has 0 radical (unpaired) electrons. The summed E-state index contributed by atoms with van der Waals surface area (Å²) in [5.41, 5.74) is 2.06. The summed E-state index contributed by atoms with van der Waals surface area (Å²) in [4.78, 5) is 37.9. The maximum absolute atomic E-state index is 12.4. The lowest BCUT2D eigenvalue weighted by atomic mass is 10.1. The summed E-state index contributed by atoms with van der Waals surface area (Å²) in [7, 11) is 1.34. The minimum Gasteiger partial charge on any atom is -0.465 e. The minimum atomic E-state index is -0.411. The summed E-state index contributed by atoms with van der Waals surface area (Å²) in [6, 6.07) is 12.1. The number of hydrogen-bond acceptors (Lipinski definition) is 5. The summed E-state index contributed by atoms with van der Waals surface area (Å²) in [5, 5.41) is 5.17. The highest BCUT2D eigenvalue weighted by Crippen LogP contribution is 2.23. The van der Waals surface area contributed by atoms with Crippen molar-refractivity contribution in [2.24, 2.45) is 0 Å². The maximum atomic E-state index is 12.4. The fourth-order valence-corrected chi connectivity index (χ4v) is 3.33. The van der Waals surface area contributed by atoms with Gasteiger partial charge in [0.05, 0.1) is 29.3 Å². The van der Waals surface area contributed by atoms with E-state index in [1.807, 2.05) is 6.07 Å². The predicted molar refractivity (Wildman–Crippen MR) is 97.5 cm³/mol. The maximum Gasteiger partial charge on any atom is 0.338 e. The van der Waals surface area contributed by atoms with E-state index in [1.165, 1.54) is 12.0 Å². The summed E-state index contributed by atoms with van der Waals surface area (Å²) in [6.07, 6.45) is 2.34. The minimum absolute atomic E-state index is 0.255. The smallest absolute Gasteiger partial charge is 0.338 e. The van der Waals surface area contributed by atoms with Crippen molar-refractivity contribution >= 4 is 28.7 Å². The molecule has 0 fully saturated rings. The lowest BCUT2D eigenvalue weighted by Gasteiger charge is -2.13. The molecule has 0 saturated heterocycles. The zero-order valence-electron chi connectivity index (χ0n) is 14.7. The molecule has 0 saturated carbocycles. The third-order valence-corrected chi connectivity index (χ3v) is 4.65. The van der Waals surface area contributed by atoms with Crippen LogP contribution in [0.15, 0.2) is 48.7 Å². The van der Waals surface area contributed by atoms with Gasteiger partial charge in [0.2, 0.25) is 0 Å². The average Bonchev–Trinajstić information content (AvgIpc) is 3.21. The first-order valence-corrected chi connectivity index (χ1v) is 8.60. The van der Waals surface area contributed by atoms with Gasteiger partial charge in [0, 0.05) is 24.7 Å². The van der Waals surface area contributed by atoms with Crippen molar-refractivity contribution in [3.05, 3.63) is 65.4 Å². The monoisotopic (exact) mass is 363 g/mol. The molecule has 2 aromatic carbocycles. The number of fused-ring (bicyclic) bond motifs is 2. The lowest BCUT2D eigenvalue weighted by Crippen LogP contribution is -2.31. The van der Waals surface area contributed by atoms with Gasteiger partial charge >= 0.3 is 5.97 Å². The van der Waals surface area contributed by atoms with Crippen molar-refractivity contribution in [1.82, 2.24) is 14.7 Å². The van der Waals surface area contributed by atoms with Crippen LogP contribution in [0.4, 0.5) is 0 Å². The molecule has 1 aliphatic heterocycles. The van der Waals surface area contributed by atoms with E-state index in [4.69, 9.17) is 4.74 Å². The Balaban J connectivity index is 1.47. The highest BCUT2D eigenvalue weighted by molar-refractivity contribution is 6.21. The first kappa shape index (κ1) is 17.0. The SMILES string of the molecule is COC(=O)c1cccc2nn(CCCN3C(=O)c4ccccc4C3=O)cc12. The van der Waals surface area contributed by atoms with Crippen LogP contribution in [0.1, 0.15) is 37.5 Å². The number of rotatable bonds is 5. The normalized spacial score (nSPS) is 13.3. The molecule has 0 bridgehead atoms. The highest BCUT2D eigenvalue weighted by Gasteiger charge is 2.34. The summed E-state index contributed by atoms with van der Waals surface area (Å²) < 4.78 is 6.52. The molecule has 7 heteroatoms. The number of esters is 1. The molecular formula is C20H17N3O4. The van der Waals surface area contributed by atoms with Crippen molar-refractivity contribution in [2.45, 2.75) is 13.0 Å². The van der Waals surface area contributed by atoms with Crippen LogP contribution in [0.2, 0.25) is 0 Å². The Morgan fingerprint density at radius 2 is 1.70 bits per heavy atom. The number of carbonyl (C=O) groups is 3. The number of ether oxygens (including phenoxy) is 1. The second-order valence-corrected chi connectivity index (χ2v) is 6.28. The first-order chi connectivity index (χ1) is 13.1. The second-order valence-electron chi connectivity index (χ2n) is 6.28. The number of nitrogens with zero attached hydrogens (tertiary/aromatic N) is 3. The zero-order chi connectivity index (χ0) is 19.0. The molecular weight excluding hydrogens is 346 g/mol. The van der Waals surface area contributed by atoms with Gasteiger partial charge in [0.15, 0.2) is 0 Å². The fourth-order valence-electron chi connectivity index (χ4n) is 3.33. The Morgan fingerprint density at radius 3 is 2.37 bits per heavy atom. The van der Waals surface area contributed by atoms with E-state index in [1.54, 1.807) is 47.3 Å². The molecule has 2 heterocycles. The molecule has 0 atom stereocenters. The molecule has 0 spiro atoms. The van der Waals surface area contributed by atoms with Crippen LogP contribution < -0.4 is 0 Å². The van der Waals surface area contributed by atoms with Crippen molar-refractivity contribution in [3.8, 4) is 0 Å². The third-order valence-electron chi connectivity index (χ3n) is 4.65. The van der Waals surface area contributed by atoms with Crippen LogP contribution in [0.5, 0.6) is 0 Å². The molecule has 0 N–H and O–H groups in total. The van der Waals surface area contributed by atoms with E-state index in [9.17, 15) is 14.4 Å². The Bertz CT molecular complexity index is 1040. The van der Waals surface area contributed by atoms with Gasteiger partial charge < -0.3 is 4.74 Å². The Morgan fingerprint density at radius 1 is 1.00 bits per heavy atom. The average molecular weight is 363 g/mol. The molecule has 4 rings (SSSR count). The molecule has 0 aliphatic carbocycles. The van der Waals surface area contributed by atoms with Gasteiger partial charge in [-0.1, -0.05) is 18.2 Å². The van der Waals surface area contributed by atoms with E-state index in [-0.39, 0.29) is 11.8 Å². The van der Waals surface area contributed by atoms with E-state index < -0.39 is 5.97 Å². The number of amides is 2. The molecule has 0 unspecified atom stereocenters. The number of hydrogen-bond donors (Lipinski definition) is 0. The van der Waals surface area contributed by atoms with E-state index in [0.29, 0.717) is 47.1 Å². The number of aromatic nitrogens is 2. The van der Waals surface area contributed by atoms with Gasteiger partial charge in [-0.3, -0.25) is 19.2 Å². The molecule has 1 aromatic heterocycles. The summed E-state index contributed by atoms with van der Waals surface area (Å²) >= 11 is 0. The van der Waals surface area contributed by atoms with E-state index in [0.717, 1.165) is 0 Å². The molecule has 3 aromatic rings. The zero-order valence-corrected chi connectivity index (χ0v) is 14.7. The van der Waals surface area contributed by atoms with Gasteiger partial charge in [-0.2, -0.15) is 5.10 Å². The predicted octanol–water partition coefficient (Wildman–Crippen LogP) is 2.51.